The van der Waals surface area contributed by atoms with E-state index in [0.717, 1.165) is 0 Å². The van der Waals surface area contributed by atoms with E-state index in [1.54, 1.807) is 24.3 Å². The predicted octanol–water partition coefficient (Wildman–Crippen LogP) is 2.22. The van der Waals surface area contributed by atoms with Gasteiger partial charge in [0.1, 0.15) is 5.75 Å². The number of benzene rings is 1. The number of ether oxygens (including phenoxy) is 1. The Hall–Kier alpha value is -2.01. The molecule has 0 aliphatic heterocycles. The normalized spacial score (nSPS) is 9.75. The lowest BCUT2D eigenvalue weighted by molar-refractivity contribution is 0.462. The number of hydrogen-bond acceptors (Lipinski definition) is 3. The molecule has 1 heterocycles. The third-order valence-electron chi connectivity index (χ3n) is 1.89. The van der Waals surface area contributed by atoms with E-state index in [1.807, 2.05) is 18.2 Å². The summed E-state index contributed by atoms with van der Waals surface area (Å²) in [6, 6.07) is 13.9. The van der Waals surface area contributed by atoms with Crippen LogP contribution in [0, 0.1) is 4.64 Å². The molecule has 0 spiro atoms. The quantitative estimate of drug-likeness (QED) is 0.812. The molecule has 0 fully saturated rings. The number of para-hydroxylation sites is 1. The number of hydrogen-bond donors (Lipinski definition) is 1. The van der Waals surface area contributed by atoms with Crippen LogP contribution in [0.4, 0.5) is 0 Å². The molecule has 16 heavy (non-hydrogen) atoms. The zero-order valence-electron chi connectivity index (χ0n) is 8.25. The SMILES string of the molecule is O=S(=O)=c1cccc(Oc2ccccc2)[nH]1. The van der Waals surface area contributed by atoms with Crippen LogP contribution in [-0.2, 0) is 10.3 Å². The van der Waals surface area contributed by atoms with Crippen LogP contribution in [0.25, 0.3) is 0 Å². The third-order valence-corrected chi connectivity index (χ3v) is 2.49. The van der Waals surface area contributed by atoms with E-state index in [2.05, 4.69) is 4.98 Å². The molecule has 0 unspecified atom stereocenters. The Morgan fingerprint density at radius 2 is 1.69 bits per heavy atom. The lowest BCUT2D eigenvalue weighted by Crippen LogP contribution is -1.88. The Bertz CT molecular complexity index is 636. The van der Waals surface area contributed by atoms with Crippen molar-refractivity contribution in [1.82, 2.24) is 4.98 Å². The lowest BCUT2D eigenvalue weighted by atomic mass is 10.3. The minimum atomic E-state index is -2.28. The molecule has 0 atom stereocenters. The summed E-state index contributed by atoms with van der Waals surface area (Å²) in [6.07, 6.45) is 0. The van der Waals surface area contributed by atoms with Crippen LogP contribution in [0.15, 0.2) is 48.5 Å². The third kappa shape index (κ3) is 2.52. The Morgan fingerprint density at radius 3 is 2.38 bits per heavy atom. The molecule has 82 valence electrons. The molecule has 1 N–H and O–H groups in total. The van der Waals surface area contributed by atoms with Crippen molar-refractivity contribution in [2.45, 2.75) is 0 Å². The van der Waals surface area contributed by atoms with Crippen molar-refractivity contribution < 1.29 is 13.2 Å². The molecule has 4 nitrogen and oxygen atoms in total. The van der Waals surface area contributed by atoms with Crippen LogP contribution in [0.5, 0.6) is 11.6 Å². The Kier molecular flexibility index (Phi) is 3.07. The van der Waals surface area contributed by atoms with E-state index in [-0.39, 0.29) is 4.64 Å². The maximum Gasteiger partial charge on any atom is 0.238 e. The van der Waals surface area contributed by atoms with Gasteiger partial charge in [0.05, 0.1) is 0 Å². The number of nitrogens with one attached hydrogen (secondary N) is 1. The minimum absolute atomic E-state index is 0.0911. The topological polar surface area (TPSA) is 59.2 Å². The fourth-order valence-electron chi connectivity index (χ4n) is 1.20. The molecule has 0 saturated carbocycles. The van der Waals surface area contributed by atoms with Crippen LogP contribution in [0.1, 0.15) is 0 Å². The van der Waals surface area contributed by atoms with Gasteiger partial charge >= 0.3 is 0 Å². The first kappa shape index (κ1) is 10.5. The number of aromatic nitrogens is 1. The Labute approximate surface area is 93.7 Å². The first-order chi connectivity index (χ1) is 7.75. The van der Waals surface area contributed by atoms with Gasteiger partial charge < -0.3 is 9.72 Å². The van der Waals surface area contributed by atoms with Crippen molar-refractivity contribution in [3.8, 4) is 11.6 Å². The fraction of sp³-hybridized carbons (Fsp3) is 0. The monoisotopic (exact) mass is 235 g/mol. The molecule has 0 bridgehead atoms. The summed E-state index contributed by atoms with van der Waals surface area (Å²) in [5.74, 6) is 1.03. The molecular formula is C11H9NO3S. The van der Waals surface area contributed by atoms with Crippen molar-refractivity contribution in [2.24, 2.45) is 0 Å². The molecule has 5 heteroatoms. The first-order valence-corrected chi connectivity index (χ1v) is 5.68. The van der Waals surface area contributed by atoms with Gasteiger partial charge in [0.2, 0.25) is 10.3 Å². The second-order valence-electron chi connectivity index (χ2n) is 3.03. The van der Waals surface area contributed by atoms with Crippen molar-refractivity contribution in [3.63, 3.8) is 0 Å². The fourth-order valence-corrected chi connectivity index (χ4v) is 1.57. The maximum absolute atomic E-state index is 10.7. The van der Waals surface area contributed by atoms with Gasteiger partial charge in [0.25, 0.3) is 0 Å². The van der Waals surface area contributed by atoms with Crippen LogP contribution in [-0.4, -0.2) is 13.4 Å². The van der Waals surface area contributed by atoms with Gasteiger partial charge in [0, 0.05) is 0 Å². The smallest absolute Gasteiger partial charge is 0.238 e. The Morgan fingerprint density at radius 1 is 0.938 bits per heavy atom. The van der Waals surface area contributed by atoms with Crippen molar-refractivity contribution in [1.29, 1.82) is 0 Å². The zero-order valence-corrected chi connectivity index (χ0v) is 9.07. The summed E-state index contributed by atoms with van der Waals surface area (Å²) in [7, 11) is -2.28. The molecule has 2 rings (SSSR count). The first-order valence-electron chi connectivity index (χ1n) is 4.60. The van der Waals surface area contributed by atoms with E-state index in [1.165, 1.54) is 6.07 Å². The standard InChI is InChI=1S/C11H9NO3S/c13-16(14)11-8-4-7-10(12-11)15-9-5-2-1-3-6-9/h1-8,12H. The average Bonchev–Trinajstić information content (AvgIpc) is 2.30. The van der Waals surface area contributed by atoms with E-state index in [4.69, 9.17) is 4.74 Å². The maximum atomic E-state index is 10.7. The van der Waals surface area contributed by atoms with Crippen LogP contribution in [0.2, 0.25) is 0 Å². The minimum Gasteiger partial charge on any atom is -0.441 e. The number of pyridine rings is 1. The summed E-state index contributed by atoms with van der Waals surface area (Å²) in [4.78, 5) is 2.66. The van der Waals surface area contributed by atoms with Gasteiger partial charge in [-0.05, 0) is 24.3 Å². The number of H-pyrrole nitrogens is 1. The molecule has 0 radical (unpaired) electrons. The largest absolute Gasteiger partial charge is 0.441 e. The van der Waals surface area contributed by atoms with Crippen molar-refractivity contribution >= 4 is 10.3 Å². The van der Waals surface area contributed by atoms with Crippen LogP contribution in [0.3, 0.4) is 0 Å². The molecule has 0 aliphatic rings. The van der Waals surface area contributed by atoms with Crippen molar-refractivity contribution in [2.75, 3.05) is 0 Å². The molecule has 1 aromatic carbocycles. The van der Waals surface area contributed by atoms with E-state index < -0.39 is 10.3 Å². The van der Waals surface area contributed by atoms with E-state index >= 15 is 0 Å². The summed E-state index contributed by atoms with van der Waals surface area (Å²) in [5, 5.41) is 0. The van der Waals surface area contributed by atoms with E-state index in [9.17, 15) is 8.42 Å². The molecule has 2 aromatic rings. The highest BCUT2D eigenvalue weighted by Gasteiger charge is 1.95. The van der Waals surface area contributed by atoms with Gasteiger partial charge in [-0.3, -0.25) is 0 Å². The zero-order chi connectivity index (χ0) is 11.4. The Balaban J connectivity index is 2.37. The second-order valence-corrected chi connectivity index (χ2v) is 3.94. The molecular weight excluding hydrogens is 226 g/mol. The highest BCUT2D eigenvalue weighted by molar-refractivity contribution is 7.63. The van der Waals surface area contributed by atoms with Crippen LogP contribution >= 0.6 is 0 Å². The second kappa shape index (κ2) is 4.67. The predicted molar refractivity (Wildman–Crippen MR) is 59.5 cm³/mol. The molecule has 1 aromatic heterocycles. The number of aromatic amines is 1. The van der Waals surface area contributed by atoms with Gasteiger partial charge in [0.15, 0.2) is 10.5 Å². The summed E-state index contributed by atoms with van der Waals surface area (Å²) in [6.45, 7) is 0. The van der Waals surface area contributed by atoms with E-state index in [0.29, 0.717) is 11.6 Å². The van der Waals surface area contributed by atoms with Gasteiger partial charge in [-0.1, -0.05) is 24.3 Å². The van der Waals surface area contributed by atoms with Crippen molar-refractivity contribution in [3.05, 3.63) is 53.2 Å². The summed E-state index contributed by atoms with van der Waals surface area (Å²) in [5.41, 5.74) is 0. The molecule has 0 amide bonds. The average molecular weight is 235 g/mol. The van der Waals surface area contributed by atoms with Gasteiger partial charge in [-0.15, -0.1) is 0 Å². The van der Waals surface area contributed by atoms with Crippen LogP contribution < -0.4 is 4.74 Å². The lowest BCUT2D eigenvalue weighted by Gasteiger charge is -2.03. The summed E-state index contributed by atoms with van der Waals surface area (Å²) >= 11 is 0. The van der Waals surface area contributed by atoms with Gasteiger partial charge in [-0.2, -0.15) is 8.42 Å². The van der Waals surface area contributed by atoms with Gasteiger partial charge in [-0.25, -0.2) is 0 Å². The number of rotatable bonds is 2. The highest BCUT2D eigenvalue weighted by Crippen LogP contribution is 2.17. The molecule has 0 saturated heterocycles. The highest BCUT2D eigenvalue weighted by atomic mass is 32.2. The summed E-state index contributed by atoms with van der Waals surface area (Å²) < 4.78 is 27.0. The molecule has 0 aliphatic carbocycles.